The Morgan fingerprint density at radius 1 is 1.00 bits per heavy atom. The summed E-state index contributed by atoms with van der Waals surface area (Å²) in [6, 6.07) is 0. The highest BCUT2D eigenvalue weighted by Gasteiger charge is 2.36. The van der Waals surface area contributed by atoms with Gasteiger partial charge in [-0.2, -0.15) is 0 Å². The fourth-order valence-corrected chi connectivity index (χ4v) is 2.68. The average molecular weight is 153 g/mol. The van der Waals surface area contributed by atoms with Gasteiger partial charge in [0, 0.05) is 0 Å². The minimum absolute atomic E-state index is 0.900. The van der Waals surface area contributed by atoms with Crippen molar-refractivity contribution in [3.05, 3.63) is 0 Å². The van der Waals surface area contributed by atoms with Crippen LogP contribution < -0.4 is 5.73 Å². The van der Waals surface area contributed by atoms with Crippen LogP contribution in [0.25, 0.3) is 0 Å². The molecule has 2 N–H and O–H groups in total. The standard InChI is InChI=1S/C10H19N/c11-7-10(9-5-6-9)8-3-1-2-4-8/h8-10H,1-7,11H2. The zero-order valence-corrected chi connectivity index (χ0v) is 7.26. The van der Waals surface area contributed by atoms with Crippen molar-refractivity contribution in [2.75, 3.05) is 6.54 Å². The second kappa shape index (κ2) is 3.14. The van der Waals surface area contributed by atoms with Gasteiger partial charge in [-0.05, 0) is 37.1 Å². The predicted octanol–water partition coefficient (Wildman–Crippen LogP) is 2.16. The molecule has 2 rings (SSSR count). The number of rotatable bonds is 3. The zero-order chi connectivity index (χ0) is 7.68. The fourth-order valence-electron chi connectivity index (χ4n) is 2.68. The van der Waals surface area contributed by atoms with Crippen LogP contribution in [-0.4, -0.2) is 6.54 Å². The maximum absolute atomic E-state index is 5.79. The van der Waals surface area contributed by atoms with E-state index >= 15 is 0 Å². The molecular weight excluding hydrogens is 134 g/mol. The van der Waals surface area contributed by atoms with Crippen molar-refractivity contribution >= 4 is 0 Å². The summed E-state index contributed by atoms with van der Waals surface area (Å²) in [4.78, 5) is 0. The zero-order valence-electron chi connectivity index (χ0n) is 7.26. The third kappa shape index (κ3) is 1.58. The maximum atomic E-state index is 5.79. The minimum atomic E-state index is 0.900. The Morgan fingerprint density at radius 2 is 1.55 bits per heavy atom. The quantitative estimate of drug-likeness (QED) is 0.660. The Hall–Kier alpha value is -0.0400. The van der Waals surface area contributed by atoms with Crippen LogP contribution >= 0.6 is 0 Å². The lowest BCUT2D eigenvalue weighted by Gasteiger charge is -2.20. The third-order valence-corrected chi connectivity index (χ3v) is 3.51. The molecule has 11 heavy (non-hydrogen) atoms. The first-order valence-electron chi connectivity index (χ1n) is 5.12. The van der Waals surface area contributed by atoms with Gasteiger partial charge in [-0.3, -0.25) is 0 Å². The Labute approximate surface area is 69.4 Å². The van der Waals surface area contributed by atoms with Gasteiger partial charge in [0.2, 0.25) is 0 Å². The molecule has 0 heterocycles. The molecule has 1 heteroatoms. The molecule has 1 unspecified atom stereocenters. The average Bonchev–Trinajstić information content (AvgIpc) is 2.68. The Balaban J connectivity index is 1.87. The van der Waals surface area contributed by atoms with Crippen LogP contribution in [0.3, 0.4) is 0 Å². The van der Waals surface area contributed by atoms with Gasteiger partial charge in [0.15, 0.2) is 0 Å². The lowest BCUT2D eigenvalue weighted by atomic mass is 9.87. The highest BCUT2D eigenvalue weighted by Crippen LogP contribution is 2.44. The molecule has 0 spiro atoms. The molecule has 1 atom stereocenters. The Bertz CT molecular complexity index is 123. The second-order valence-corrected chi connectivity index (χ2v) is 4.28. The number of nitrogens with two attached hydrogens (primary N) is 1. The highest BCUT2D eigenvalue weighted by atomic mass is 14.6. The summed E-state index contributed by atoms with van der Waals surface area (Å²) in [5.41, 5.74) is 5.79. The van der Waals surface area contributed by atoms with Crippen molar-refractivity contribution in [1.82, 2.24) is 0 Å². The molecule has 1 nitrogen and oxygen atoms in total. The van der Waals surface area contributed by atoms with Crippen molar-refractivity contribution in [2.45, 2.75) is 38.5 Å². The second-order valence-electron chi connectivity index (χ2n) is 4.28. The van der Waals surface area contributed by atoms with E-state index in [4.69, 9.17) is 5.73 Å². The number of hydrogen-bond donors (Lipinski definition) is 1. The predicted molar refractivity (Wildman–Crippen MR) is 47.2 cm³/mol. The van der Waals surface area contributed by atoms with Crippen LogP contribution in [0.4, 0.5) is 0 Å². The Kier molecular flexibility index (Phi) is 2.17. The van der Waals surface area contributed by atoms with E-state index in [0.717, 1.165) is 24.3 Å². The molecule has 0 amide bonds. The molecule has 64 valence electrons. The molecule has 0 saturated heterocycles. The summed E-state index contributed by atoms with van der Waals surface area (Å²) in [5, 5.41) is 0. The highest BCUT2D eigenvalue weighted by molar-refractivity contribution is 4.87. The van der Waals surface area contributed by atoms with Crippen molar-refractivity contribution in [1.29, 1.82) is 0 Å². The van der Waals surface area contributed by atoms with Crippen molar-refractivity contribution in [3.8, 4) is 0 Å². The summed E-state index contributed by atoms with van der Waals surface area (Å²) in [7, 11) is 0. The molecule has 2 aliphatic rings. The van der Waals surface area contributed by atoms with Gasteiger partial charge in [-0.15, -0.1) is 0 Å². The fraction of sp³-hybridized carbons (Fsp3) is 1.00. The van der Waals surface area contributed by atoms with E-state index in [9.17, 15) is 0 Å². The molecule has 0 aliphatic heterocycles. The summed E-state index contributed by atoms with van der Waals surface area (Å²) >= 11 is 0. The first kappa shape index (κ1) is 7.60. The molecule has 2 saturated carbocycles. The van der Waals surface area contributed by atoms with E-state index in [0.29, 0.717) is 0 Å². The lowest BCUT2D eigenvalue weighted by molar-refractivity contribution is 0.309. The van der Waals surface area contributed by atoms with E-state index in [2.05, 4.69) is 0 Å². The van der Waals surface area contributed by atoms with Crippen molar-refractivity contribution < 1.29 is 0 Å². The van der Waals surface area contributed by atoms with Crippen LogP contribution in [-0.2, 0) is 0 Å². The van der Waals surface area contributed by atoms with Gasteiger partial charge in [-0.25, -0.2) is 0 Å². The molecule has 0 aromatic carbocycles. The summed E-state index contributed by atoms with van der Waals surface area (Å²) in [6.45, 7) is 0.954. The van der Waals surface area contributed by atoms with Gasteiger partial charge in [0.1, 0.15) is 0 Å². The summed E-state index contributed by atoms with van der Waals surface area (Å²) < 4.78 is 0. The van der Waals surface area contributed by atoms with E-state index in [1.54, 1.807) is 0 Å². The molecule has 2 fully saturated rings. The van der Waals surface area contributed by atoms with Gasteiger partial charge in [0.05, 0.1) is 0 Å². The minimum Gasteiger partial charge on any atom is -0.330 e. The molecule has 0 aromatic heterocycles. The maximum Gasteiger partial charge on any atom is -0.00436 e. The normalized spacial score (nSPS) is 29.2. The van der Waals surface area contributed by atoms with E-state index in [1.807, 2.05) is 0 Å². The smallest absolute Gasteiger partial charge is 0.00436 e. The van der Waals surface area contributed by atoms with Crippen molar-refractivity contribution in [2.24, 2.45) is 23.5 Å². The van der Waals surface area contributed by atoms with E-state index in [1.165, 1.54) is 38.5 Å². The van der Waals surface area contributed by atoms with Crippen molar-refractivity contribution in [3.63, 3.8) is 0 Å². The van der Waals surface area contributed by atoms with Crippen LogP contribution in [0.15, 0.2) is 0 Å². The number of hydrogen-bond acceptors (Lipinski definition) is 1. The Morgan fingerprint density at radius 3 is 2.00 bits per heavy atom. The van der Waals surface area contributed by atoms with E-state index in [-0.39, 0.29) is 0 Å². The van der Waals surface area contributed by atoms with E-state index < -0.39 is 0 Å². The SMILES string of the molecule is NCC(C1CCCC1)C1CC1. The lowest BCUT2D eigenvalue weighted by Crippen LogP contribution is -2.23. The van der Waals surface area contributed by atoms with Gasteiger partial charge >= 0.3 is 0 Å². The van der Waals surface area contributed by atoms with Crippen LogP contribution in [0.1, 0.15) is 38.5 Å². The largest absolute Gasteiger partial charge is 0.330 e. The molecule has 0 aromatic rings. The third-order valence-electron chi connectivity index (χ3n) is 3.51. The topological polar surface area (TPSA) is 26.0 Å². The van der Waals surface area contributed by atoms with Gasteiger partial charge in [0.25, 0.3) is 0 Å². The molecule has 0 radical (unpaired) electrons. The van der Waals surface area contributed by atoms with Crippen LogP contribution in [0.5, 0.6) is 0 Å². The van der Waals surface area contributed by atoms with Crippen LogP contribution in [0.2, 0.25) is 0 Å². The molecule has 2 aliphatic carbocycles. The molecule has 0 bridgehead atoms. The summed E-state index contributed by atoms with van der Waals surface area (Å²) in [5.74, 6) is 2.94. The first-order chi connectivity index (χ1) is 5.42. The monoisotopic (exact) mass is 153 g/mol. The first-order valence-corrected chi connectivity index (χ1v) is 5.12. The van der Waals surface area contributed by atoms with Gasteiger partial charge < -0.3 is 5.73 Å². The van der Waals surface area contributed by atoms with Crippen LogP contribution in [0, 0.1) is 17.8 Å². The molecular formula is C10H19N. The summed E-state index contributed by atoms with van der Waals surface area (Å²) in [6.07, 6.45) is 8.81. The van der Waals surface area contributed by atoms with Gasteiger partial charge in [-0.1, -0.05) is 25.7 Å².